The van der Waals surface area contributed by atoms with Crippen LogP contribution in [-0.4, -0.2) is 67.5 Å². The van der Waals surface area contributed by atoms with E-state index in [9.17, 15) is 14.4 Å². The van der Waals surface area contributed by atoms with Gasteiger partial charge in [-0.3, -0.25) is 9.59 Å². The number of rotatable bonds is 2. The van der Waals surface area contributed by atoms with Crippen LogP contribution in [0.2, 0.25) is 0 Å². The second kappa shape index (κ2) is 6.07. The Labute approximate surface area is 99.7 Å². The largest absolute Gasteiger partial charge is 0.468 e. The van der Waals surface area contributed by atoms with Crippen LogP contribution in [0.15, 0.2) is 0 Å². The zero-order valence-corrected chi connectivity index (χ0v) is 10.1. The van der Waals surface area contributed by atoms with E-state index in [0.717, 1.165) is 0 Å². The van der Waals surface area contributed by atoms with Crippen molar-refractivity contribution in [2.24, 2.45) is 0 Å². The zero-order valence-electron chi connectivity index (χ0n) is 10.1. The third-order valence-corrected chi connectivity index (χ3v) is 2.62. The number of esters is 1. The summed E-state index contributed by atoms with van der Waals surface area (Å²) in [5.41, 5.74) is 0. The Balaban J connectivity index is 2.31. The summed E-state index contributed by atoms with van der Waals surface area (Å²) < 4.78 is 4.41. The first-order valence-corrected chi connectivity index (χ1v) is 5.39. The van der Waals surface area contributed by atoms with Gasteiger partial charge in [-0.05, 0) is 0 Å². The third-order valence-electron chi connectivity index (χ3n) is 2.62. The summed E-state index contributed by atoms with van der Waals surface area (Å²) in [6.07, 6.45) is 0. The number of amides is 3. The summed E-state index contributed by atoms with van der Waals surface area (Å²) in [5.74, 6) is -0.472. The number of urea groups is 1. The Bertz CT molecular complexity index is 311. The Morgan fingerprint density at radius 1 is 1.12 bits per heavy atom. The normalized spacial score (nSPS) is 15.4. The van der Waals surface area contributed by atoms with Crippen LogP contribution in [0.25, 0.3) is 0 Å². The highest BCUT2D eigenvalue weighted by Gasteiger charge is 2.22. The fourth-order valence-electron chi connectivity index (χ4n) is 1.56. The lowest BCUT2D eigenvalue weighted by Crippen LogP contribution is -2.53. The van der Waals surface area contributed by atoms with Crippen molar-refractivity contribution in [1.29, 1.82) is 0 Å². The molecule has 7 heteroatoms. The molecular formula is C10H17N3O4. The maximum Gasteiger partial charge on any atom is 0.325 e. The number of hydrogen-bond acceptors (Lipinski definition) is 4. The third kappa shape index (κ3) is 3.93. The first-order valence-electron chi connectivity index (χ1n) is 5.39. The van der Waals surface area contributed by atoms with E-state index in [1.807, 2.05) is 0 Å². The monoisotopic (exact) mass is 243 g/mol. The molecule has 1 aliphatic heterocycles. The quantitative estimate of drug-likeness (QED) is 0.633. The van der Waals surface area contributed by atoms with Gasteiger partial charge in [0.15, 0.2) is 0 Å². The molecule has 96 valence electrons. The van der Waals surface area contributed by atoms with Gasteiger partial charge >= 0.3 is 12.0 Å². The van der Waals surface area contributed by atoms with Crippen LogP contribution in [0.1, 0.15) is 6.92 Å². The molecule has 1 N–H and O–H groups in total. The second-order valence-electron chi connectivity index (χ2n) is 3.73. The van der Waals surface area contributed by atoms with E-state index in [2.05, 4.69) is 10.1 Å². The van der Waals surface area contributed by atoms with E-state index in [1.54, 1.807) is 9.80 Å². The minimum Gasteiger partial charge on any atom is -0.468 e. The number of methoxy groups -OCH3 is 1. The maximum absolute atomic E-state index is 11.6. The van der Waals surface area contributed by atoms with Crippen molar-refractivity contribution in [2.75, 3.05) is 39.8 Å². The molecule has 0 atom stereocenters. The van der Waals surface area contributed by atoms with E-state index in [0.29, 0.717) is 26.2 Å². The van der Waals surface area contributed by atoms with E-state index < -0.39 is 5.97 Å². The summed E-state index contributed by atoms with van der Waals surface area (Å²) in [6.45, 7) is 3.39. The zero-order chi connectivity index (χ0) is 12.8. The van der Waals surface area contributed by atoms with Gasteiger partial charge in [0.2, 0.25) is 5.91 Å². The van der Waals surface area contributed by atoms with Crippen LogP contribution in [-0.2, 0) is 14.3 Å². The van der Waals surface area contributed by atoms with Gasteiger partial charge in [-0.25, -0.2) is 4.79 Å². The van der Waals surface area contributed by atoms with Crippen LogP contribution in [0.4, 0.5) is 4.79 Å². The fourth-order valence-corrected chi connectivity index (χ4v) is 1.56. The van der Waals surface area contributed by atoms with Crippen molar-refractivity contribution >= 4 is 17.9 Å². The van der Waals surface area contributed by atoms with Crippen LogP contribution >= 0.6 is 0 Å². The van der Waals surface area contributed by atoms with E-state index in [4.69, 9.17) is 0 Å². The number of piperazine rings is 1. The van der Waals surface area contributed by atoms with Crippen molar-refractivity contribution in [3.8, 4) is 0 Å². The summed E-state index contributed by atoms with van der Waals surface area (Å²) >= 11 is 0. The molecule has 3 amide bonds. The van der Waals surface area contributed by atoms with E-state index in [-0.39, 0.29) is 18.5 Å². The van der Waals surface area contributed by atoms with Crippen molar-refractivity contribution in [1.82, 2.24) is 15.1 Å². The molecule has 0 radical (unpaired) electrons. The summed E-state index contributed by atoms with van der Waals surface area (Å²) in [7, 11) is 1.26. The van der Waals surface area contributed by atoms with Gasteiger partial charge in [0, 0.05) is 33.1 Å². The molecule has 1 rings (SSSR count). The molecule has 7 nitrogen and oxygen atoms in total. The molecule has 0 unspecified atom stereocenters. The number of nitrogens with one attached hydrogen (secondary N) is 1. The fraction of sp³-hybridized carbons (Fsp3) is 0.700. The maximum atomic E-state index is 11.6. The van der Waals surface area contributed by atoms with Crippen LogP contribution in [0.3, 0.4) is 0 Å². The number of hydrogen-bond donors (Lipinski definition) is 1. The molecule has 17 heavy (non-hydrogen) atoms. The Morgan fingerprint density at radius 3 is 2.12 bits per heavy atom. The minimum atomic E-state index is -0.485. The smallest absolute Gasteiger partial charge is 0.325 e. The lowest BCUT2D eigenvalue weighted by Gasteiger charge is -2.34. The van der Waals surface area contributed by atoms with Gasteiger partial charge in [-0.15, -0.1) is 0 Å². The Kier molecular flexibility index (Phi) is 4.74. The number of nitrogens with zero attached hydrogens (tertiary/aromatic N) is 2. The first-order chi connectivity index (χ1) is 8.04. The highest BCUT2D eigenvalue weighted by atomic mass is 16.5. The van der Waals surface area contributed by atoms with Crippen LogP contribution in [0.5, 0.6) is 0 Å². The molecule has 1 saturated heterocycles. The summed E-state index contributed by atoms with van der Waals surface area (Å²) in [4.78, 5) is 36.8. The van der Waals surface area contributed by atoms with Crippen LogP contribution in [0, 0.1) is 0 Å². The molecule has 1 fully saturated rings. The molecule has 0 aromatic heterocycles. The molecule has 0 spiro atoms. The number of carbonyl (C=O) groups excluding carboxylic acids is 3. The average molecular weight is 243 g/mol. The summed E-state index contributed by atoms with van der Waals surface area (Å²) in [5, 5.41) is 2.46. The number of carbonyl (C=O) groups is 3. The Morgan fingerprint density at radius 2 is 1.65 bits per heavy atom. The molecule has 0 saturated carbocycles. The molecule has 1 heterocycles. The van der Waals surface area contributed by atoms with Crippen LogP contribution < -0.4 is 5.32 Å². The van der Waals surface area contributed by atoms with Crippen molar-refractivity contribution in [3.05, 3.63) is 0 Å². The van der Waals surface area contributed by atoms with Gasteiger partial charge in [-0.1, -0.05) is 0 Å². The molecule has 1 aliphatic rings. The van der Waals surface area contributed by atoms with Crippen molar-refractivity contribution < 1.29 is 19.1 Å². The average Bonchev–Trinajstić information content (AvgIpc) is 2.35. The highest BCUT2D eigenvalue weighted by Crippen LogP contribution is 2.01. The van der Waals surface area contributed by atoms with Gasteiger partial charge < -0.3 is 19.9 Å². The minimum absolute atomic E-state index is 0.0135. The first kappa shape index (κ1) is 13.3. The van der Waals surface area contributed by atoms with E-state index >= 15 is 0 Å². The van der Waals surface area contributed by atoms with E-state index in [1.165, 1.54) is 14.0 Å². The van der Waals surface area contributed by atoms with Gasteiger partial charge in [0.1, 0.15) is 6.54 Å². The summed E-state index contributed by atoms with van der Waals surface area (Å²) in [6, 6.07) is -0.307. The molecule has 0 aliphatic carbocycles. The lowest BCUT2D eigenvalue weighted by atomic mass is 10.3. The topological polar surface area (TPSA) is 79.0 Å². The lowest BCUT2D eigenvalue weighted by molar-refractivity contribution is -0.139. The highest BCUT2D eigenvalue weighted by molar-refractivity contribution is 5.81. The standard InChI is InChI=1S/C10H17N3O4/c1-8(14)12-3-5-13(6-4-12)10(16)11-7-9(15)17-2/h3-7H2,1-2H3,(H,11,16). The molecule has 0 aromatic carbocycles. The predicted octanol–water partition coefficient (Wildman–Crippen LogP) is -0.967. The molecule has 0 aromatic rings. The van der Waals surface area contributed by atoms with Gasteiger partial charge in [0.25, 0.3) is 0 Å². The Hall–Kier alpha value is -1.79. The number of ether oxygens (including phenoxy) is 1. The van der Waals surface area contributed by atoms with Gasteiger partial charge in [0.05, 0.1) is 7.11 Å². The predicted molar refractivity (Wildman–Crippen MR) is 59.2 cm³/mol. The van der Waals surface area contributed by atoms with Crippen molar-refractivity contribution in [2.45, 2.75) is 6.92 Å². The van der Waals surface area contributed by atoms with Gasteiger partial charge in [-0.2, -0.15) is 0 Å². The molecular weight excluding hydrogens is 226 g/mol. The molecule has 0 bridgehead atoms. The SMILES string of the molecule is COC(=O)CNC(=O)N1CCN(C(C)=O)CC1. The second-order valence-corrected chi connectivity index (χ2v) is 3.73. The van der Waals surface area contributed by atoms with Crippen molar-refractivity contribution in [3.63, 3.8) is 0 Å².